The Labute approximate surface area is 133 Å². The smallest absolute Gasteiger partial charge is 0.230 e. The van der Waals surface area contributed by atoms with Crippen LogP contribution in [0.25, 0.3) is 0 Å². The first-order chi connectivity index (χ1) is 10.7. The van der Waals surface area contributed by atoms with Crippen LogP contribution in [0.5, 0.6) is 0 Å². The van der Waals surface area contributed by atoms with Gasteiger partial charge in [0, 0.05) is 31.1 Å². The van der Waals surface area contributed by atoms with Gasteiger partial charge >= 0.3 is 0 Å². The lowest BCUT2D eigenvalue weighted by Crippen LogP contribution is -2.57. The third-order valence-corrected chi connectivity index (χ3v) is 5.88. The first kappa shape index (κ1) is 14.6. The average molecular weight is 304 g/mol. The van der Waals surface area contributed by atoms with Crippen LogP contribution in [-0.2, 0) is 6.54 Å². The molecule has 0 bridgehead atoms. The molecule has 2 saturated heterocycles. The van der Waals surface area contributed by atoms with Crippen molar-refractivity contribution < 1.29 is 4.42 Å². The predicted octanol–water partition coefficient (Wildman–Crippen LogP) is 2.64. The first-order valence-electron chi connectivity index (χ1n) is 9.01. The topological polar surface area (TPSA) is 45.4 Å². The van der Waals surface area contributed by atoms with Crippen LogP contribution in [0.1, 0.15) is 63.7 Å². The molecule has 1 aromatic rings. The van der Waals surface area contributed by atoms with E-state index in [0.717, 1.165) is 30.9 Å². The van der Waals surface area contributed by atoms with E-state index in [9.17, 15) is 0 Å². The standard InChI is InChI=1S/C17H28N4O/c1-12(2)15-10-20-8-4-7-14(20)9-21(15)11-16-18-19-17(22-16)13-5-3-6-13/h12-15H,3-11H2,1-2H3/t14-,15-/m0/s1. The van der Waals surface area contributed by atoms with Crippen LogP contribution in [0.3, 0.4) is 0 Å². The molecule has 0 N–H and O–H groups in total. The van der Waals surface area contributed by atoms with Gasteiger partial charge in [-0.05, 0) is 38.1 Å². The van der Waals surface area contributed by atoms with E-state index in [1.165, 1.54) is 45.2 Å². The van der Waals surface area contributed by atoms with E-state index in [-0.39, 0.29) is 0 Å². The average Bonchev–Trinajstić information content (AvgIpc) is 3.04. The molecule has 22 heavy (non-hydrogen) atoms. The van der Waals surface area contributed by atoms with Crippen molar-refractivity contribution in [2.24, 2.45) is 5.92 Å². The summed E-state index contributed by atoms with van der Waals surface area (Å²) in [6.07, 6.45) is 6.45. The zero-order valence-electron chi connectivity index (χ0n) is 13.9. The van der Waals surface area contributed by atoms with Gasteiger partial charge in [-0.15, -0.1) is 10.2 Å². The number of hydrogen-bond acceptors (Lipinski definition) is 5. The Kier molecular flexibility index (Phi) is 3.95. The normalized spacial score (nSPS) is 30.7. The minimum absolute atomic E-state index is 0.536. The highest BCUT2D eigenvalue weighted by Crippen LogP contribution is 2.35. The Balaban J connectivity index is 1.45. The highest BCUT2D eigenvalue weighted by Gasteiger charge is 2.38. The highest BCUT2D eigenvalue weighted by molar-refractivity contribution is 4.98. The second-order valence-corrected chi connectivity index (χ2v) is 7.69. The molecule has 0 radical (unpaired) electrons. The maximum absolute atomic E-state index is 5.95. The van der Waals surface area contributed by atoms with Gasteiger partial charge in [0.25, 0.3) is 0 Å². The molecule has 5 nitrogen and oxygen atoms in total. The first-order valence-corrected chi connectivity index (χ1v) is 9.01. The maximum atomic E-state index is 5.95. The number of nitrogens with zero attached hydrogens (tertiary/aromatic N) is 4. The quantitative estimate of drug-likeness (QED) is 0.855. The molecule has 0 aromatic carbocycles. The largest absolute Gasteiger partial charge is 0.424 e. The summed E-state index contributed by atoms with van der Waals surface area (Å²) in [6.45, 7) is 9.14. The van der Waals surface area contributed by atoms with Gasteiger partial charge in [-0.1, -0.05) is 20.3 Å². The van der Waals surface area contributed by atoms with Crippen molar-refractivity contribution in [3.05, 3.63) is 11.8 Å². The summed E-state index contributed by atoms with van der Waals surface area (Å²) in [7, 11) is 0. The van der Waals surface area contributed by atoms with Crippen LogP contribution >= 0.6 is 0 Å². The minimum atomic E-state index is 0.536. The molecule has 3 aliphatic rings. The van der Waals surface area contributed by atoms with E-state index >= 15 is 0 Å². The maximum Gasteiger partial charge on any atom is 0.230 e. The fourth-order valence-electron chi connectivity index (χ4n) is 4.24. The molecule has 2 aliphatic heterocycles. The van der Waals surface area contributed by atoms with Crippen molar-refractivity contribution in [1.82, 2.24) is 20.0 Å². The molecule has 5 heteroatoms. The monoisotopic (exact) mass is 304 g/mol. The third-order valence-electron chi connectivity index (χ3n) is 5.88. The lowest BCUT2D eigenvalue weighted by Gasteiger charge is -2.45. The van der Waals surface area contributed by atoms with E-state index in [1.807, 2.05) is 0 Å². The van der Waals surface area contributed by atoms with Gasteiger partial charge in [0.1, 0.15) is 0 Å². The summed E-state index contributed by atoms with van der Waals surface area (Å²) >= 11 is 0. The van der Waals surface area contributed by atoms with Gasteiger partial charge in [-0.25, -0.2) is 0 Å². The van der Waals surface area contributed by atoms with E-state index in [4.69, 9.17) is 4.42 Å². The van der Waals surface area contributed by atoms with Crippen molar-refractivity contribution in [3.8, 4) is 0 Å². The van der Waals surface area contributed by atoms with Crippen LogP contribution in [0.2, 0.25) is 0 Å². The van der Waals surface area contributed by atoms with Gasteiger partial charge in [0.15, 0.2) is 0 Å². The zero-order chi connectivity index (χ0) is 15.1. The summed E-state index contributed by atoms with van der Waals surface area (Å²) in [5, 5.41) is 8.61. The van der Waals surface area contributed by atoms with Gasteiger partial charge in [0.05, 0.1) is 6.54 Å². The number of aromatic nitrogens is 2. The van der Waals surface area contributed by atoms with Crippen LogP contribution < -0.4 is 0 Å². The van der Waals surface area contributed by atoms with Crippen LogP contribution in [-0.4, -0.2) is 51.7 Å². The molecule has 122 valence electrons. The predicted molar refractivity (Wildman–Crippen MR) is 84.5 cm³/mol. The molecule has 0 unspecified atom stereocenters. The molecule has 0 amide bonds. The molecule has 1 aliphatic carbocycles. The molecule has 1 saturated carbocycles. The molecule has 2 atom stereocenters. The van der Waals surface area contributed by atoms with Crippen LogP contribution in [0, 0.1) is 5.92 Å². The molecule has 4 rings (SSSR count). The SMILES string of the molecule is CC(C)[C@@H]1CN2CCC[C@H]2CN1Cc1nnc(C2CCC2)o1. The van der Waals surface area contributed by atoms with Gasteiger partial charge in [-0.2, -0.15) is 0 Å². The molecule has 3 fully saturated rings. The Morgan fingerprint density at radius 2 is 2.00 bits per heavy atom. The molecule has 0 spiro atoms. The Hall–Kier alpha value is -0.940. The number of fused-ring (bicyclic) bond motifs is 1. The van der Waals surface area contributed by atoms with E-state index in [2.05, 4.69) is 33.8 Å². The summed E-state index contributed by atoms with van der Waals surface area (Å²) < 4.78 is 5.95. The third kappa shape index (κ3) is 2.69. The zero-order valence-corrected chi connectivity index (χ0v) is 13.9. The fraction of sp³-hybridized carbons (Fsp3) is 0.882. The van der Waals surface area contributed by atoms with Crippen molar-refractivity contribution in [1.29, 1.82) is 0 Å². The minimum Gasteiger partial charge on any atom is -0.424 e. The summed E-state index contributed by atoms with van der Waals surface area (Å²) in [5.74, 6) is 2.89. The molecular weight excluding hydrogens is 276 g/mol. The van der Waals surface area contributed by atoms with Crippen LogP contribution in [0.4, 0.5) is 0 Å². The van der Waals surface area contributed by atoms with Crippen molar-refractivity contribution in [2.45, 2.75) is 70.5 Å². The van der Waals surface area contributed by atoms with E-state index < -0.39 is 0 Å². The van der Waals surface area contributed by atoms with Gasteiger partial charge in [-0.3, -0.25) is 9.80 Å². The number of rotatable bonds is 4. The lowest BCUT2D eigenvalue weighted by molar-refractivity contribution is 0.0185. The van der Waals surface area contributed by atoms with Crippen LogP contribution in [0.15, 0.2) is 4.42 Å². The Morgan fingerprint density at radius 1 is 1.14 bits per heavy atom. The molecule has 3 heterocycles. The van der Waals surface area contributed by atoms with Gasteiger partial charge in [0.2, 0.25) is 11.8 Å². The lowest BCUT2D eigenvalue weighted by atomic mass is 9.85. The van der Waals surface area contributed by atoms with E-state index in [1.54, 1.807) is 0 Å². The van der Waals surface area contributed by atoms with Crippen molar-refractivity contribution >= 4 is 0 Å². The second kappa shape index (κ2) is 5.93. The fourth-order valence-corrected chi connectivity index (χ4v) is 4.24. The van der Waals surface area contributed by atoms with Gasteiger partial charge < -0.3 is 4.42 Å². The summed E-state index contributed by atoms with van der Waals surface area (Å²) in [6, 6.07) is 1.34. The number of piperazine rings is 1. The highest BCUT2D eigenvalue weighted by atomic mass is 16.4. The second-order valence-electron chi connectivity index (χ2n) is 7.69. The van der Waals surface area contributed by atoms with Crippen molar-refractivity contribution in [2.75, 3.05) is 19.6 Å². The van der Waals surface area contributed by atoms with Crippen molar-refractivity contribution in [3.63, 3.8) is 0 Å². The Morgan fingerprint density at radius 3 is 2.73 bits per heavy atom. The number of hydrogen-bond donors (Lipinski definition) is 0. The molecular formula is C17H28N4O. The van der Waals surface area contributed by atoms with E-state index in [0.29, 0.717) is 17.9 Å². The molecule has 1 aromatic heterocycles. The summed E-state index contributed by atoms with van der Waals surface area (Å²) in [4.78, 5) is 5.28. The Bertz CT molecular complexity index is 511. The summed E-state index contributed by atoms with van der Waals surface area (Å²) in [5.41, 5.74) is 0.